The van der Waals surface area contributed by atoms with Crippen molar-refractivity contribution in [1.82, 2.24) is 9.55 Å². The number of thiophene rings is 1. The van der Waals surface area contributed by atoms with E-state index in [4.69, 9.17) is 0 Å². The molecule has 0 spiro atoms. The maximum atomic E-state index is 12.9. The van der Waals surface area contributed by atoms with E-state index in [9.17, 15) is 9.59 Å². The number of hydrogen-bond acceptors (Lipinski definition) is 4. The molecule has 0 aliphatic rings. The second kappa shape index (κ2) is 7.32. The molecule has 0 aliphatic carbocycles. The lowest BCUT2D eigenvalue weighted by molar-refractivity contribution is 0.103. The maximum absolute atomic E-state index is 12.9. The van der Waals surface area contributed by atoms with E-state index in [1.165, 1.54) is 11.3 Å². The molecule has 136 valence electrons. The van der Waals surface area contributed by atoms with Gasteiger partial charge in [-0.2, -0.15) is 0 Å². The molecule has 1 N–H and O–H groups in total. The Labute approximate surface area is 164 Å². The van der Waals surface area contributed by atoms with Crippen molar-refractivity contribution < 1.29 is 4.79 Å². The van der Waals surface area contributed by atoms with E-state index in [-0.39, 0.29) is 11.5 Å². The zero-order chi connectivity index (χ0) is 19.0. The Kier molecular flexibility index (Phi) is 5.29. The summed E-state index contributed by atoms with van der Waals surface area (Å²) in [5.41, 5.74) is 3.37. The summed E-state index contributed by atoms with van der Waals surface area (Å²) in [6.07, 6.45) is 2.42. The summed E-state index contributed by atoms with van der Waals surface area (Å²) >= 11 is 4.73. The summed E-state index contributed by atoms with van der Waals surface area (Å²) in [5, 5.41) is 3.54. The van der Waals surface area contributed by atoms with Crippen LogP contribution in [0.2, 0.25) is 0 Å². The summed E-state index contributed by atoms with van der Waals surface area (Å²) in [4.78, 5) is 31.0. The van der Waals surface area contributed by atoms with Gasteiger partial charge in [-0.1, -0.05) is 22.9 Å². The van der Waals surface area contributed by atoms with Gasteiger partial charge in [0.25, 0.3) is 11.5 Å². The van der Waals surface area contributed by atoms with Crippen LogP contribution < -0.4 is 10.9 Å². The van der Waals surface area contributed by atoms with Gasteiger partial charge in [-0.3, -0.25) is 14.2 Å². The third-order valence-electron chi connectivity index (χ3n) is 4.32. The molecule has 0 atom stereocenters. The first-order valence-corrected chi connectivity index (χ1v) is 10.0. The Morgan fingerprint density at radius 2 is 1.92 bits per heavy atom. The van der Waals surface area contributed by atoms with Crippen LogP contribution >= 0.6 is 27.3 Å². The van der Waals surface area contributed by atoms with Gasteiger partial charge >= 0.3 is 0 Å². The van der Waals surface area contributed by atoms with Crippen molar-refractivity contribution in [3.8, 4) is 0 Å². The summed E-state index contributed by atoms with van der Waals surface area (Å²) in [7, 11) is 0. The van der Waals surface area contributed by atoms with Crippen molar-refractivity contribution in [2.75, 3.05) is 5.32 Å². The van der Waals surface area contributed by atoms with Crippen LogP contribution in [-0.4, -0.2) is 15.5 Å². The number of nitrogens with one attached hydrogen (secondary N) is 1. The van der Waals surface area contributed by atoms with Gasteiger partial charge in [0, 0.05) is 16.7 Å². The monoisotopic (exact) mass is 433 g/mol. The molecule has 0 aliphatic heterocycles. The van der Waals surface area contributed by atoms with Crippen LogP contribution in [0, 0.1) is 20.8 Å². The van der Waals surface area contributed by atoms with E-state index < -0.39 is 0 Å². The van der Waals surface area contributed by atoms with E-state index in [1.807, 2.05) is 39.8 Å². The number of hydrogen-bond donors (Lipinski definition) is 1. The fourth-order valence-electron chi connectivity index (χ4n) is 3.05. The van der Waals surface area contributed by atoms with E-state index >= 15 is 0 Å². The molecular formula is C19H20BrN3O2S. The standard InChI is InChI=1S/C19H20BrN3O2S/c1-5-6-23-9-21-18-14(19(23)25)12(4)16(26-18)17(24)22-15-10(2)7-13(20)8-11(15)3/h7-9H,5-6H2,1-4H3,(H,22,24). The van der Waals surface area contributed by atoms with Crippen molar-refractivity contribution in [3.05, 3.63) is 54.9 Å². The lowest BCUT2D eigenvalue weighted by atomic mass is 10.1. The van der Waals surface area contributed by atoms with Gasteiger partial charge < -0.3 is 5.32 Å². The van der Waals surface area contributed by atoms with Crippen molar-refractivity contribution in [1.29, 1.82) is 0 Å². The fraction of sp³-hybridized carbons (Fsp3) is 0.316. The molecule has 1 amide bonds. The molecule has 5 nitrogen and oxygen atoms in total. The minimum atomic E-state index is -0.208. The number of aromatic nitrogens is 2. The second-order valence-corrected chi connectivity index (χ2v) is 8.26. The van der Waals surface area contributed by atoms with Crippen LogP contribution in [0.25, 0.3) is 10.2 Å². The molecule has 2 aromatic heterocycles. The van der Waals surface area contributed by atoms with E-state index in [2.05, 4.69) is 26.2 Å². The number of nitrogens with zero attached hydrogens (tertiary/aromatic N) is 2. The number of amides is 1. The molecule has 26 heavy (non-hydrogen) atoms. The molecule has 2 heterocycles. The SMILES string of the molecule is CCCn1cnc2sc(C(=O)Nc3c(C)cc(Br)cc3C)c(C)c2c1=O. The average Bonchev–Trinajstić information content (AvgIpc) is 2.91. The van der Waals surface area contributed by atoms with Crippen molar-refractivity contribution in [2.45, 2.75) is 40.7 Å². The summed E-state index contributed by atoms with van der Waals surface area (Å²) in [6, 6.07) is 3.93. The Hall–Kier alpha value is -1.99. The molecule has 7 heteroatoms. The van der Waals surface area contributed by atoms with Gasteiger partial charge in [0.2, 0.25) is 0 Å². The van der Waals surface area contributed by atoms with Gasteiger partial charge in [0.15, 0.2) is 0 Å². The number of fused-ring (bicyclic) bond motifs is 1. The van der Waals surface area contributed by atoms with Crippen LogP contribution in [0.1, 0.15) is 39.7 Å². The highest BCUT2D eigenvalue weighted by Crippen LogP contribution is 2.30. The third-order valence-corrected chi connectivity index (χ3v) is 5.98. The number of aryl methyl sites for hydroxylation is 4. The largest absolute Gasteiger partial charge is 0.321 e. The normalized spacial score (nSPS) is 11.1. The van der Waals surface area contributed by atoms with Gasteiger partial charge in [0.1, 0.15) is 4.83 Å². The Bertz CT molecular complexity index is 1050. The minimum absolute atomic E-state index is 0.0827. The number of anilines is 1. The Balaban J connectivity index is 2.03. The van der Waals surface area contributed by atoms with Crippen LogP contribution in [-0.2, 0) is 6.54 Å². The first kappa shape index (κ1) is 18.8. The smallest absolute Gasteiger partial charge is 0.266 e. The zero-order valence-corrected chi connectivity index (χ0v) is 17.5. The number of benzene rings is 1. The number of carbonyl (C=O) groups excluding carboxylic acids is 1. The van der Waals surface area contributed by atoms with Gasteiger partial charge in [-0.15, -0.1) is 11.3 Å². The van der Waals surface area contributed by atoms with Gasteiger partial charge in [-0.05, 0) is 56.0 Å². The van der Waals surface area contributed by atoms with Crippen LogP contribution in [0.15, 0.2) is 27.7 Å². The molecule has 0 fully saturated rings. The van der Waals surface area contributed by atoms with Crippen LogP contribution in [0.4, 0.5) is 5.69 Å². The fourth-order valence-corrected chi connectivity index (χ4v) is 4.78. The molecule has 0 saturated heterocycles. The van der Waals surface area contributed by atoms with E-state index in [1.54, 1.807) is 10.9 Å². The first-order chi connectivity index (χ1) is 12.3. The summed E-state index contributed by atoms with van der Waals surface area (Å²) in [5.74, 6) is -0.208. The minimum Gasteiger partial charge on any atom is -0.321 e. The lowest BCUT2D eigenvalue weighted by Gasteiger charge is -2.12. The molecule has 0 radical (unpaired) electrons. The third kappa shape index (κ3) is 3.33. The molecule has 0 bridgehead atoms. The molecule has 3 rings (SSSR count). The number of rotatable bonds is 4. The van der Waals surface area contributed by atoms with Crippen molar-refractivity contribution >= 4 is 49.1 Å². The van der Waals surface area contributed by atoms with Gasteiger partial charge in [0.05, 0.1) is 16.6 Å². The van der Waals surface area contributed by atoms with E-state index in [0.717, 1.165) is 27.7 Å². The Morgan fingerprint density at radius 3 is 2.54 bits per heavy atom. The van der Waals surface area contributed by atoms with Crippen LogP contribution in [0.3, 0.4) is 0 Å². The highest BCUT2D eigenvalue weighted by atomic mass is 79.9. The topological polar surface area (TPSA) is 64.0 Å². The van der Waals surface area contributed by atoms with Crippen molar-refractivity contribution in [3.63, 3.8) is 0 Å². The highest BCUT2D eigenvalue weighted by molar-refractivity contribution is 9.10. The average molecular weight is 434 g/mol. The maximum Gasteiger partial charge on any atom is 0.266 e. The Morgan fingerprint density at radius 1 is 1.27 bits per heavy atom. The predicted octanol–water partition coefficient (Wildman–Crippen LogP) is 4.81. The molecule has 0 unspecified atom stereocenters. The molecule has 3 aromatic rings. The first-order valence-electron chi connectivity index (χ1n) is 8.40. The molecule has 1 aromatic carbocycles. The number of halogens is 1. The van der Waals surface area contributed by atoms with Crippen LogP contribution in [0.5, 0.6) is 0 Å². The molecule has 0 saturated carbocycles. The predicted molar refractivity (Wildman–Crippen MR) is 110 cm³/mol. The summed E-state index contributed by atoms with van der Waals surface area (Å²) < 4.78 is 2.58. The molecular weight excluding hydrogens is 414 g/mol. The van der Waals surface area contributed by atoms with E-state index in [0.29, 0.717) is 27.2 Å². The quantitative estimate of drug-likeness (QED) is 0.641. The lowest BCUT2D eigenvalue weighted by Crippen LogP contribution is -2.20. The van der Waals surface area contributed by atoms with Crippen molar-refractivity contribution in [2.24, 2.45) is 0 Å². The highest BCUT2D eigenvalue weighted by Gasteiger charge is 2.20. The van der Waals surface area contributed by atoms with Gasteiger partial charge in [-0.25, -0.2) is 4.98 Å². The second-order valence-electron chi connectivity index (χ2n) is 6.35. The zero-order valence-electron chi connectivity index (χ0n) is 15.1. The summed E-state index contributed by atoms with van der Waals surface area (Å²) in [6.45, 7) is 8.36. The number of carbonyl (C=O) groups is 1.